The van der Waals surface area contributed by atoms with Crippen molar-refractivity contribution in [3.05, 3.63) is 23.2 Å². The van der Waals surface area contributed by atoms with Gasteiger partial charge in [-0.2, -0.15) is 4.72 Å². The summed E-state index contributed by atoms with van der Waals surface area (Å²) in [5.41, 5.74) is 5.79. The summed E-state index contributed by atoms with van der Waals surface area (Å²) >= 11 is 5.74. The molecule has 0 amide bonds. The first-order valence-electron chi connectivity index (χ1n) is 5.44. The fraction of sp³-hybridized carbons (Fsp3) is 0.333. The smallest absolute Gasteiger partial charge is 0.241 e. The molecule has 4 nitrogen and oxygen atoms in total. The standard InChI is InChI=1S/C12H15ClN2O2S/c1-3-5-9(4-2)15-18(16,17)10-6-7-11(13)12(14)8-10/h2,6-9,15H,3,5,14H2,1H3. The molecule has 1 aromatic rings. The molecule has 0 heterocycles. The van der Waals surface area contributed by atoms with Crippen LogP contribution in [0.4, 0.5) is 5.69 Å². The second-order valence-corrected chi connectivity index (χ2v) is 5.93. The molecule has 0 radical (unpaired) electrons. The topological polar surface area (TPSA) is 72.2 Å². The number of anilines is 1. The van der Waals surface area contributed by atoms with Crippen LogP contribution in [0.25, 0.3) is 0 Å². The molecule has 1 aromatic carbocycles. The largest absolute Gasteiger partial charge is 0.397 e. The van der Waals surface area contributed by atoms with E-state index in [1.807, 2.05) is 6.92 Å². The predicted molar refractivity (Wildman–Crippen MR) is 73.7 cm³/mol. The Bertz CT molecular complexity index is 564. The third kappa shape index (κ3) is 3.64. The van der Waals surface area contributed by atoms with E-state index in [-0.39, 0.29) is 10.6 Å². The molecule has 1 rings (SSSR count). The van der Waals surface area contributed by atoms with Crippen molar-refractivity contribution in [2.24, 2.45) is 0 Å². The molecule has 0 saturated heterocycles. The van der Waals surface area contributed by atoms with Gasteiger partial charge in [-0.1, -0.05) is 30.9 Å². The quantitative estimate of drug-likeness (QED) is 0.642. The van der Waals surface area contributed by atoms with E-state index >= 15 is 0 Å². The molecule has 98 valence electrons. The van der Waals surface area contributed by atoms with Crippen molar-refractivity contribution >= 4 is 27.3 Å². The van der Waals surface area contributed by atoms with E-state index in [1.165, 1.54) is 18.2 Å². The van der Waals surface area contributed by atoms with E-state index in [0.717, 1.165) is 6.42 Å². The fourth-order valence-electron chi connectivity index (χ4n) is 1.41. The molecule has 1 unspecified atom stereocenters. The van der Waals surface area contributed by atoms with E-state index in [4.69, 9.17) is 23.8 Å². The number of hydrogen-bond donors (Lipinski definition) is 2. The lowest BCUT2D eigenvalue weighted by atomic mass is 10.2. The van der Waals surface area contributed by atoms with Gasteiger partial charge in [0.15, 0.2) is 0 Å². The number of nitrogens with two attached hydrogens (primary N) is 1. The molecule has 0 aliphatic carbocycles. The van der Waals surface area contributed by atoms with E-state index in [2.05, 4.69) is 10.6 Å². The maximum atomic E-state index is 12.0. The van der Waals surface area contributed by atoms with Gasteiger partial charge in [0.25, 0.3) is 0 Å². The van der Waals surface area contributed by atoms with Crippen LogP contribution >= 0.6 is 11.6 Å². The summed E-state index contributed by atoms with van der Waals surface area (Å²) in [6.07, 6.45) is 6.65. The van der Waals surface area contributed by atoms with Crippen molar-refractivity contribution in [3.8, 4) is 12.3 Å². The second-order valence-electron chi connectivity index (χ2n) is 3.81. The van der Waals surface area contributed by atoms with Crippen LogP contribution in [0.15, 0.2) is 23.1 Å². The first-order chi connectivity index (χ1) is 8.40. The maximum absolute atomic E-state index is 12.0. The molecule has 0 bridgehead atoms. The molecular formula is C12H15ClN2O2S. The molecule has 0 fully saturated rings. The number of hydrogen-bond acceptors (Lipinski definition) is 3. The molecule has 0 saturated carbocycles. The van der Waals surface area contributed by atoms with Crippen LogP contribution in [0.5, 0.6) is 0 Å². The highest BCUT2D eigenvalue weighted by atomic mass is 35.5. The van der Waals surface area contributed by atoms with Crippen LogP contribution in [0.3, 0.4) is 0 Å². The van der Waals surface area contributed by atoms with Crippen molar-refractivity contribution in [2.45, 2.75) is 30.7 Å². The zero-order valence-corrected chi connectivity index (χ0v) is 11.6. The molecule has 6 heteroatoms. The zero-order valence-electron chi connectivity index (χ0n) is 9.98. The summed E-state index contributed by atoms with van der Waals surface area (Å²) in [5, 5.41) is 0.316. The van der Waals surface area contributed by atoms with Crippen LogP contribution in [0.2, 0.25) is 5.02 Å². The lowest BCUT2D eigenvalue weighted by Gasteiger charge is -2.13. The molecule has 1 atom stereocenters. The highest BCUT2D eigenvalue weighted by molar-refractivity contribution is 7.89. The molecular weight excluding hydrogens is 272 g/mol. The van der Waals surface area contributed by atoms with Crippen LogP contribution < -0.4 is 10.5 Å². The summed E-state index contributed by atoms with van der Waals surface area (Å²) < 4.78 is 26.5. The Morgan fingerprint density at radius 3 is 2.72 bits per heavy atom. The summed E-state index contributed by atoms with van der Waals surface area (Å²) in [7, 11) is -3.66. The minimum atomic E-state index is -3.66. The Hall–Kier alpha value is -1.22. The first-order valence-corrected chi connectivity index (χ1v) is 7.30. The third-order valence-electron chi connectivity index (χ3n) is 2.35. The SMILES string of the molecule is C#CC(CCC)NS(=O)(=O)c1ccc(Cl)c(N)c1. The van der Waals surface area contributed by atoms with Crippen molar-refractivity contribution in [1.82, 2.24) is 4.72 Å². The minimum Gasteiger partial charge on any atom is -0.397 e. The Labute approximate surface area is 113 Å². The molecule has 0 aliphatic rings. The zero-order chi connectivity index (χ0) is 13.8. The molecule has 0 aromatic heterocycles. The summed E-state index contributed by atoms with van der Waals surface area (Å²) in [5.74, 6) is 2.41. The van der Waals surface area contributed by atoms with Gasteiger partial charge in [0.1, 0.15) is 0 Å². The van der Waals surface area contributed by atoms with Crippen LogP contribution in [-0.2, 0) is 10.0 Å². The number of nitrogen functional groups attached to an aromatic ring is 1. The van der Waals surface area contributed by atoms with Gasteiger partial charge in [0.05, 0.1) is 21.6 Å². The van der Waals surface area contributed by atoms with Gasteiger partial charge in [-0.3, -0.25) is 0 Å². The minimum absolute atomic E-state index is 0.0563. The molecule has 0 spiro atoms. The average molecular weight is 287 g/mol. The Morgan fingerprint density at radius 2 is 2.22 bits per heavy atom. The van der Waals surface area contributed by atoms with E-state index in [0.29, 0.717) is 11.4 Å². The monoisotopic (exact) mass is 286 g/mol. The fourth-order valence-corrected chi connectivity index (χ4v) is 2.75. The highest BCUT2D eigenvalue weighted by Gasteiger charge is 2.18. The second kappa shape index (κ2) is 6.10. The number of benzene rings is 1. The van der Waals surface area contributed by atoms with Crippen molar-refractivity contribution in [3.63, 3.8) is 0 Å². The first kappa shape index (κ1) is 14.8. The van der Waals surface area contributed by atoms with Gasteiger partial charge in [-0.05, 0) is 24.6 Å². The van der Waals surface area contributed by atoms with Gasteiger partial charge in [-0.15, -0.1) is 6.42 Å². The van der Waals surface area contributed by atoms with Crippen molar-refractivity contribution < 1.29 is 8.42 Å². The van der Waals surface area contributed by atoms with Gasteiger partial charge >= 0.3 is 0 Å². The predicted octanol–water partition coefficient (Wildman–Crippen LogP) is 2.00. The van der Waals surface area contributed by atoms with Crippen LogP contribution in [0, 0.1) is 12.3 Å². The van der Waals surface area contributed by atoms with Crippen LogP contribution in [0.1, 0.15) is 19.8 Å². The van der Waals surface area contributed by atoms with Crippen molar-refractivity contribution in [1.29, 1.82) is 0 Å². The van der Waals surface area contributed by atoms with Crippen LogP contribution in [-0.4, -0.2) is 14.5 Å². The third-order valence-corrected chi connectivity index (χ3v) is 4.17. The maximum Gasteiger partial charge on any atom is 0.241 e. The van der Waals surface area contributed by atoms with Crippen molar-refractivity contribution in [2.75, 3.05) is 5.73 Å². The highest BCUT2D eigenvalue weighted by Crippen LogP contribution is 2.22. The summed E-state index contributed by atoms with van der Waals surface area (Å²) in [4.78, 5) is 0.0563. The molecule has 0 aliphatic heterocycles. The number of nitrogens with one attached hydrogen (secondary N) is 1. The average Bonchev–Trinajstić information content (AvgIpc) is 2.31. The Morgan fingerprint density at radius 1 is 1.56 bits per heavy atom. The normalized spacial score (nSPS) is 12.9. The van der Waals surface area contributed by atoms with Gasteiger partial charge in [0, 0.05) is 0 Å². The number of rotatable bonds is 5. The lowest BCUT2D eigenvalue weighted by molar-refractivity contribution is 0.564. The Kier molecular flexibility index (Phi) is 5.03. The van der Waals surface area contributed by atoms with Gasteiger partial charge in [0.2, 0.25) is 10.0 Å². The number of halogens is 1. The summed E-state index contributed by atoms with van der Waals surface area (Å²) in [6.45, 7) is 1.93. The van der Waals surface area contributed by atoms with E-state index in [1.54, 1.807) is 0 Å². The lowest BCUT2D eigenvalue weighted by Crippen LogP contribution is -2.33. The van der Waals surface area contributed by atoms with E-state index in [9.17, 15) is 8.42 Å². The van der Waals surface area contributed by atoms with Gasteiger partial charge < -0.3 is 5.73 Å². The van der Waals surface area contributed by atoms with Gasteiger partial charge in [-0.25, -0.2) is 8.42 Å². The molecule has 3 N–H and O–H groups in total. The Balaban J connectivity index is 2.99. The molecule has 18 heavy (non-hydrogen) atoms. The summed E-state index contributed by atoms with van der Waals surface area (Å²) in [6, 6.07) is 3.62. The van der Waals surface area contributed by atoms with E-state index < -0.39 is 16.1 Å². The number of terminal acetylenes is 1. The number of sulfonamides is 1.